The molecule has 0 aliphatic carbocycles. The molecule has 0 atom stereocenters. The Kier molecular flexibility index (Phi) is 5.36. The zero-order valence-corrected chi connectivity index (χ0v) is 13.3. The Hall–Kier alpha value is -2.10. The van der Waals surface area contributed by atoms with Crippen LogP contribution in [-0.4, -0.2) is 11.7 Å². The summed E-state index contributed by atoms with van der Waals surface area (Å²) in [6.07, 6.45) is 3.11. The van der Waals surface area contributed by atoms with E-state index >= 15 is 0 Å². The van der Waals surface area contributed by atoms with E-state index in [4.69, 9.17) is 23.2 Å². The number of carbonyl (C=O) groups is 2. The van der Waals surface area contributed by atoms with E-state index < -0.39 is 0 Å². The fraction of sp³-hybridized carbons (Fsp3) is 0.0588. The molecule has 2 aromatic carbocycles. The zero-order chi connectivity index (χ0) is 16.1. The lowest BCUT2D eigenvalue weighted by Crippen LogP contribution is -2.06. The first-order chi connectivity index (χ1) is 10.5. The van der Waals surface area contributed by atoms with E-state index in [-0.39, 0.29) is 11.7 Å². The average molecular weight is 334 g/mol. The van der Waals surface area contributed by atoms with Crippen molar-refractivity contribution < 1.29 is 9.59 Å². The first kappa shape index (κ1) is 16.3. The van der Waals surface area contributed by atoms with Crippen molar-refractivity contribution in [2.24, 2.45) is 0 Å². The van der Waals surface area contributed by atoms with Gasteiger partial charge in [-0.25, -0.2) is 0 Å². The molecule has 112 valence electrons. The number of amides is 1. The van der Waals surface area contributed by atoms with E-state index in [1.54, 1.807) is 48.5 Å². The van der Waals surface area contributed by atoms with Crippen molar-refractivity contribution in [3.05, 3.63) is 69.7 Å². The molecule has 0 heterocycles. The second-order valence-corrected chi connectivity index (χ2v) is 5.45. The number of rotatable bonds is 4. The highest BCUT2D eigenvalue weighted by Crippen LogP contribution is 2.23. The molecule has 1 amide bonds. The van der Waals surface area contributed by atoms with Crippen LogP contribution >= 0.6 is 23.2 Å². The van der Waals surface area contributed by atoms with E-state index in [0.717, 1.165) is 5.56 Å². The molecule has 0 unspecified atom stereocenters. The van der Waals surface area contributed by atoms with Crippen molar-refractivity contribution in [3.8, 4) is 0 Å². The summed E-state index contributed by atoms with van der Waals surface area (Å²) in [4.78, 5) is 23.2. The largest absolute Gasteiger partial charge is 0.326 e. The van der Waals surface area contributed by atoms with Crippen LogP contribution in [0.3, 0.4) is 0 Å². The van der Waals surface area contributed by atoms with Gasteiger partial charge in [-0.3, -0.25) is 9.59 Å². The SMILES string of the molecule is CC(=O)Nc1cccc(C(=O)/C=C/c2ccc(Cl)c(Cl)c2)c1. The van der Waals surface area contributed by atoms with Crippen LogP contribution in [0.1, 0.15) is 22.8 Å². The van der Waals surface area contributed by atoms with Gasteiger partial charge in [0, 0.05) is 18.2 Å². The van der Waals surface area contributed by atoms with Crippen LogP contribution in [0.25, 0.3) is 6.08 Å². The minimum Gasteiger partial charge on any atom is -0.326 e. The summed E-state index contributed by atoms with van der Waals surface area (Å²) in [6.45, 7) is 1.42. The first-order valence-electron chi connectivity index (χ1n) is 6.51. The first-order valence-corrected chi connectivity index (χ1v) is 7.26. The van der Waals surface area contributed by atoms with Crippen LogP contribution in [0, 0.1) is 0 Å². The number of ketones is 1. The van der Waals surface area contributed by atoms with Gasteiger partial charge in [-0.2, -0.15) is 0 Å². The lowest BCUT2D eigenvalue weighted by Gasteiger charge is -2.03. The van der Waals surface area contributed by atoms with Gasteiger partial charge in [-0.1, -0.05) is 47.5 Å². The number of carbonyl (C=O) groups excluding carboxylic acids is 2. The van der Waals surface area contributed by atoms with Crippen LogP contribution in [0.2, 0.25) is 10.0 Å². The van der Waals surface area contributed by atoms with Gasteiger partial charge < -0.3 is 5.32 Å². The fourth-order valence-corrected chi connectivity index (χ4v) is 2.14. The van der Waals surface area contributed by atoms with Crippen LogP contribution in [0.5, 0.6) is 0 Å². The molecule has 22 heavy (non-hydrogen) atoms. The third-order valence-corrected chi connectivity index (χ3v) is 3.58. The smallest absolute Gasteiger partial charge is 0.221 e. The lowest BCUT2D eigenvalue weighted by atomic mass is 10.1. The summed E-state index contributed by atoms with van der Waals surface area (Å²) in [6, 6.07) is 11.9. The van der Waals surface area contributed by atoms with Crippen LogP contribution < -0.4 is 5.32 Å². The number of hydrogen-bond acceptors (Lipinski definition) is 2. The number of halogens is 2. The molecular formula is C17H13Cl2NO2. The number of allylic oxidation sites excluding steroid dienone is 1. The molecule has 0 aromatic heterocycles. The Morgan fingerprint density at radius 3 is 2.50 bits per heavy atom. The van der Waals surface area contributed by atoms with Gasteiger partial charge in [0.25, 0.3) is 0 Å². The predicted octanol–water partition coefficient (Wildman–Crippen LogP) is 4.85. The zero-order valence-electron chi connectivity index (χ0n) is 11.8. The Bertz CT molecular complexity index is 754. The highest BCUT2D eigenvalue weighted by Gasteiger charge is 2.04. The number of nitrogens with one attached hydrogen (secondary N) is 1. The van der Waals surface area contributed by atoms with Crippen molar-refractivity contribution in [3.63, 3.8) is 0 Å². The standard InChI is InChI=1S/C17H13Cl2NO2/c1-11(21)20-14-4-2-3-13(10-14)17(22)8-6-12-5-7-15(18)16(19)9-12/h2-10H,1H3,(H,20,21)/b8-6+. The summed E-state index contributed by atoms with van der Waals surface area (Å²) in [5.41, 5.74) is 1.85. The van der Waals surface area contributed by atoms with Gasteiger partial charge >= 0.3 is 0 Å². The molecule has 0 saturated carbocycles. The molecular weight excluding hydrogens is 321 g/mol. The van der Waals surface area contributed by atoms with Gasteiger partial charge in [0.2, 0.25) is 5.91 Å². The summed E-state index contributed by atoms with van der Waals surface area (Å²) in [5, 5.41) is 3.54. The van der Waals surface area contributed by atoms with Crippen molar-refractivity contribution in [1.82, 2.24) is 0 Å². The monoisotopic (exact) mass is 333 g/mol. The van der Waals surface area contributed by atoms with Crippen molar-refractivity contribution in [2.75, 3.05) is 5.32 Å². The Labute approximate surface area is 138 Å². The minimum absolute atomic E-state index is 0.168. The average Bonchev–Trinajstić information content (AvgIpc) is 2.48. The van der Waals surface area contributed by atoms with Gasteiger partial charge in [0.1, 0.15) is 0 Å². The molecule has 0 bridgehead atoms. The maximum atomic E-state index is 12.1. The van der Waals surface area contributed by atoms with E-state index in [0.29, 0.717) is 21.3 Å². The third kappa shape index (κ3) is 4.45. The van der Waals surface area contributed by atoms with Crippen molar-refractivity contribution >= 4 is 46.7 Å². The van der Waals surface area contributed by atoms with Crippen molar-refractivity contribution in [1.29, 1.82) is 0 Å². The van der Waals surface area contributed by atoms with E-state index in [1.807, 2.05) is 0 Å². The van der Waals surface area contributed by atoms with Crippen LogP contribution in [0.4, 0.5) is 5.69 Å². The third-order valence-electron chi connectivity index (χ3n) is 2.84. The molecule has 5 heteroatoms. The molecule has 0 radical (unpaired) electrons. The van der Waals surface area contributed by atoms with Crippen LogP contribution in [0.15, 0.2) is 48.5 Å². The Morgan fingerprint density at radius 1 is 1.05 bits per heavy atom. The van der Waals surface area contributed by atoms with E-state index in [9.17, 15) is 9.59 Å². The predicted molar refractivity (Wildman–Crippen MR) is 90.6 cm³/mol. The molecule has 0 aliphatic heterocycles. The van der Waals surface area contributed by atoms with Gasteiger partial charge in [0.15, 0.2) is 5.78 Å². The van der Waals surface area contributed by atoms with Crippen LogP contribution in [-0.2, 0) is 4.79 Å². The van der Waals surface area contributed by atoms with Gasteiger partial charge in [0.05, 0.1) is 10.0 Å². The summed E-state index contributed by atoms with van der Waals surface area (Å²) in [5.74, 6) is -0.353. The van der Waals surface area contributed by atoms with E-state index in [1.165, 1.54) is 13.0 Å². The lowest BCUT2D eigenvalue weighted by molar-refractivity contribution is -0.114. The van der Waals surface area contributed by atoms with Crippen molar-refractivity contribution in [2.45, 2.75) is 6.92 Å². The summed E-state index contributed by atoms with van der Waals surface area (Å²) < 4.78 is 0. The van der Waals surface area contributed by atoms with Gasteiger partial charge in [-0.15, -0.1) is 0 Å². The second-order valence-electron chi connectivity index (χ2n) is 4.63. The number of hydrogen-bond donors (Lipinski definition) is 1. The second kappa shape index (κ2) is 7.25. The summed E-state index contributed by atoms with van der Waals surface area (Å²) >= 11 is 11.8. The Balaban J connectivity index is 2.16. The minimum atomic E-state index is -0.184. The molecule has 2 aromatic rings. The highest BCUT2D eigenvalue weighted by molar-refractivity contribution is 6.42. The number of benzene rings is 2. The molecule has 0 aliphatic rings. The molecule has 0 saturated heterocycles. The molecule has 1 N–H and O–H groups in total. The van der Waals surface area contributed by atoms with E-state index in [2.05, 4.69) is 5.32 Å². The normalized spacial score (nSPS) is 10.7. The Morgan fingerprint density at radius 2 is 1.82 bits per heavy atom. The fourth-order valence-electron chi connectivity index (χ4n) is 1.84. The van der Waals surface area contributed by atoms with Gasteiger partial charge in [-0.05, 0) is 35.9 Å². The maximum Gasteiger partial charge on any atom is 0.221 e. The maximum absolute atomic E-state index is 12.1. The molecule has 0 fully saturated rings. The summed E-state index contributed by atoms with van der Waals surface area (Å²) in [7, 11) is 0. The molecule has 3 nitrogen and oxygen atoms in total. The number of anilines is 1. The molecule has 0 spiro atoms. The topological polar surface area (TPSA) is 46.2 Å². The highest BCUT2D eigenvalue weighted by atomic mass is 35.5. The quantitative estimate of drug-likeness (QED) is 0.642. The molecule has 2 rings (SSSR count).